The summed E-state index contributed by atoms with van der Waals surface area (Å²) in [6, 6.07) is 56.5. The maximum atomic E-state index is 11.2. The number of aliphatic imine (C=N–C) groups is 2. The molecule has 6 heteroatoms. The molecule has 2 N–H and O–H groups in total. The van der Waals surface area contributed by atoms with E-state index in [9.17, 15) is 10.2 Å². The highest BCUT2D eigenvalue weighted by Gasteiger charge is 2.26. The summed E-state index contributed by atoms with van der Waals surface area (Å²) >= 11 is 1.69. The molecule has 0 heterocycles. The molecule has 0 atom stereocenters. The van der Waals surface area contributed by atoms with Crippen LogP contribution in [-0.4, -0.2) is 22.6 Å². The van der Waals surface area contributed by atoms with Gasteiger partial charge in [0.1, 0.15) is 11.5 Å². The molecular weight excluding hydrogens is 856 g/mol. The van der Waals surface area contributed by atoms with Crippen LogP contribution in [0.25, 0.3) is 0 Å². The monoisotopic (exact) mass is 926 g/mol. The van der Waals surface area contributed by atoms with Crippen molar-refractivity contribution in [3.63, 3.8) is 0 Å². The summed E-state index contributed by atoms with van der Waals surface area (Å²) in [4.78, 5) is 12.0. The lowest BCUT2D eigenvalue weighted by atomic mass is 9.79. The minimum atomic E-state index is -0.781. The van der Waals surface area contributed by atoms with E-state index in [1.165, 1.54) is 31.9 Å². The van der Waals surface area contributed by atoms with Crippen LogP contribution in [0.4, 0.5) is 11.4 Å². The van der Waals surface area contributed by atoms with Crippen molar-refractivity contribution < 1.29 is 10.2 Å². The summed E-state index contributed by atoms with van der Waals surface area (Å²) in [6.45, 7) is 26.0. The molecule has 0 aliphatic rings. The first-order chi connectivity index (χ1) is 31.1. The summed E-state index contributed by atoms with van der Waals surface area (Å²) in [7, 11) is -0.781. The summed E-state index contributed by atoms with van der Waals surface area (Å²) in [5.41, 5.74) is 7.21. The van der Waals surface area contributed by atoms with Gasteiger partial charge < -0.3 is 10.2 Å². The fraction of sp³-hybridized carbons (Fsp3) is 0.279. The van der Waals surface area contributed by atoms with Gasteiger partial charge in [0, 0.05) is 49.8 Å². The zero-order chi connectivity index (χ0) is 47.9. The van der Waals surface area contributed by atoms with Gasteiger partial charge >= 0.3 is 0 Å². The van der Waals surface area contributed by atoms with Crippen LogP contribution in [0.1, 0.15) is 124 Å². The molecule has 0 aliphatic heterocycles. The van der Waals surface area contributed by atoms with Crippen LogP contribution >= 0.6 is 19.7 Å². The number of hydrogen-bond acceptors (Lipinski definition) is 5. The van der Waals surface area contributed by atoms with E-state index in [2.05, 4.69) is 204 Å². The second-order valence-corrected chi connectivity index (χ2v) is 24.1. The largest absolute Gasteiger partial charge is 0.507 e. The summed E-state index contributed by atoms with van der Waals surface area (Å²) < 4.78 is 0. The Kier molecular flexibility index (Phi) is 17.1. The molecule has 348 valence electrons. The summed E-state index contributed by atoms with van der Waals surface area (Å²) in [5.74, 6) is 0.623. The number of rotatable bonds is 9. The molecule has 0 fully saturated rings. The van der Waals surface area contributed by atoms with Crippen LogP contribution in [0, 0.1) is 0 Å². The molecule has 0 aliphatic carbocycles. The second kappa shape index (κ2) is 21.9. The van der Waals surface area contributed by atoms with Gasteiger partial charge in [-0.2, -0.15) is 0 Å². The van der Waals surface area contributed by atoms with Crippen molar-refractivity contribution in [2.75, 3.05) is 0 Å². The third-order valence-electron chi connectivity index (χ3n) is 11.3. The van der Waals surface area contributed by atoms with Crippen molar-refractivity contribution in [2.45, 2.75) is 122 Å². The third-order valence-corrected chi connectivity index (χ3v) is 14.9. The zero-order valence-electron chi connectivity index (χ0n) is 40.9. The lowest BCUT2D eigenvalue weighted by Crippen LogP contribution is -2.20. The van der Waals surface area contributed by atoms with E-state index in [1.807, 2.05) is 48.7 Å². The van der Waals surface area contributed by atoms with Gasteiger partial charge in [-0.3, -0.25) is 9.98 Å². The van der Waals surface area contributed by atoms with Crippen LogP contribution in [0.2, 0.25) is 0 Å². The van der Waals surface area contributed by atoms with E-state index in [-0.39, 0.29) is 29.1 Å². The highest BCUT2D eigenvalue weighted by Crippen LogP contribution is 2.41. The van der Waals surface area contributed by atoms with Gasteiger partial charge in [-0.05, 0) is 93.8 Å². The van der Waals surface area contributed by atoms with Crippen molar-refractivity contribution in [3.8, 4) is 11.5 Å². The van der Waals surface area contributed by atoms with Crippen molar-refractivity contribution in [1.29, 1.82) is 0 Å². The van der Waals surface area contributed by atoms with Gasteiger partial charge in [-0.15, -0.1) is 0 Å². The quantitative estimate of drug-likeness (QED) is 0.112. The average molecular weight is 927 g/mol. The number of nitrogens with zero attached hydrogens (tertiary/aromatic N) is 2. The SMILES string of the molecule is C.CC(C)(C)c1cc(C=Nc2ccccc2P(c2ccccc2)c2ccccc2)c(O)c(C(C)(C)C)c1.CC(C)(C)c1cc(C=Nc2ccccc2Sc2ccccc2)c(O)c(C(C)(C)C)c1. The maximum Gasteiger partial charge on any atom is 0.128 e. The van der Waals surface area contributed by atoms with E-state index >= 15 is 0 Å². The van der Waals surface area contributed by atoms with Crippen molar-refractivity contribution in [3.05, 3.63) is 197 Å². The Bertz CT molecular complexity index is 2730. The van der Waals surface area contributed by atoms with Crippen LogP contribution in [0.3, 0.4) is 0 Å². The molecule has 0 bridgehead atoms. The Morgan fingerprint density at radius 3 is 1.24 bits per heavy atom. The maximum absolute atomic E-state index is 11.2. The zero-order valence-corrected chi connectivity index (χ0v) is 42.6. The molecule has 7 aromatic carbocycles. The molecule has 0 aromatic heterocycles. The lowest BCUT2D eigenvalue weighted by Gasteiger charge is -2.27. The fourth-order valence-corrected chi connectivity index (χ4v) is 10.7. The highest BCUT2D eigenvalue weighted by molar-refractivity contribution is 7.99. The molecular formula is C61H71N2O2PS. The molecule has 0 unspecified atom stereocenters. The lowest BCUT2D eigenvalue weighted by molar-refractivity contribution is 0.443. The number of aromatic hydroxyl groups is 2. The van der Waals surface area contributed by atoms with E-state index in [0.717, 1.165) is 38.5 Å². The Labute approximate surface area is 408 Å². The van der Waals surface area contributed by atoms with Gasteiger partial charge in [0.05, 0.1) is 11.4 Å². The predicted molar refractivity (Wildman–Crippen MR) is 294 cm³/mol. The Morgan fingerprint density at radius 2 is 0.806 bits per heavy atom. The van der Waals surface area contributed by atoms with E-state index in [0.29, 0.717) is 11.5 Å². The molecule has 0 radical (unpaired) electrons. The molecule has 7 aromatic rings. The number of phenols is 2. The van der Waals surface area contributed by atoms with Crippen molar-refractivity contribution in [1.82, 2.24) is 0 Å². The standard InChI is InChI=1S/C33H36NOP.C27H31NOS.CH4/c1-32(2,3)25-21-24(31(35)28(22-25)33(4,5)6)23-34-29-19-13-14-20-30(29)36(26-15-9-7-10-16-26)27-17-11-8-12-18-27;1-26(2,3)20-16-19(25(29)22(17-20)27(4,5)6)18-28-23-14-10-11-15-24(23)30-21-12-8-7-9-13-21;/h7-23,35H,1-6H3;7-18,29H,1-6H3;1H4. The molecule has 67 heavy (non-hydrogen) atoms. The van der Waals surface area contributed by atoms with Crippen LogP contribution < -0.4 is 15.9 Å². The molecule has 0 saturated carbocycles. The van der Waals surface area contributed by atoms with Crippen LogP contribution in [0.5, 0.6) is 11.5 Å². The Balaban J connectivity index is 0.000000251. The first kappa shape index (κ1) is 52.2. The van der Waals surface area contributed by atoms with Gasteiger partial charge in [0.25, 0.3) is 0 Å². The normalized spacial score (nSPS) is 12.3. The second-order valence-electron chi connectivity index (χ2n) is 20.8. The fourth-order valence-electron chi connectivity index (χ4n) is 7.41. The van der Waals surface area contributed by atoms with E-state index < -0.39 is 7.92 Å². The third kappa shape index (κ3) is 13.7. The first-order valence-corrected chi connectivity index (χ1v) is 24.9. The van der Waals surface area contributed by atoms with Gasteiger partial charge in [0.2, 0.25) is 0 Å². The molecule has 7 rings (SSSR count). The van der Waals surface area contributed by atoms with Crippen LogP contribution in [-0.2, 0) is 21.7 Å². The Morgan fingerprint density at radius 1 is 0.433 bits per heavy atom. The first-order valence-electron chi connectivity index (χ1n) is 22.8. The molecule has 0 spiro atoms. The summed E-state index contributed by atoms with van der Waals surface area (Å²) in [6.07, 6.45) is 3.63. The minimum absolute atomic E-state index is 0. The Hall–Kier alpha value is -5.74. The topological polar surface area (TPSA) is 65.2 Å². The number of para-hydroxylation sites is 2. The number of benzene rings is 7. The highest BCUT2D eigenvalue weighted by atomic mass is 32.2. The molecule has 0 amide bonds. The minimum Gasteiger partial charge on any atom is -0.507 e. The van der Waals surface area contributed by atoms with Gasteiger partial charge in [-0.1, -0.05) is 224 Å². The van der Waals surface area contributed by atoms with E-state index in [1.54, 1.807) is 18.0 Å². The van der Waals surface area contributed by atoms with Crippen molar-refractivity contribution in [2.24, 2.45) is 9.98 Å². The van der Waals surface area contributed by atoms with Crippen molar-refractivity contribution >= 4 is 59.4 Å². The molecule has 4 nitrogen and oxygen atoms in total. The summed E-state index contributed by atoms with van der Waals surface area (Å²) in [5, 5.41) is 26.0. The van der Waals surface area contributed by atoms with Crippen LogP contribution in [0.15, 0.2) is 184 Å². The smallest absolute Gasteiger partial charge is 0.128 e. The number of phenolic OH excluding ortho intramolecular Hbond substituents is 2. The molecule has 0 saturated heterocycles. The van der Waals surface area contributed by atoms with Gasteiger partial charge in [0.15, 0.2) is 0 Å². The number of hydrogen-bond donors (Lipinski definition) is 2. The predicted octanol–water partition coefficient (Wildman–Crippen LogP) is 16.0. The average Bonchev–Trinajstić information content (AvgIpc) is 3.26. The van der Waals surface area contributed by atoms with E-state index in [4.69, 9.17) is 9.98 Å². The van der Waals surface area contributed by atoms with Gasteiger partial charge in [-0.25, -0.2) is 0 Å².